The lowest BCUT2D eigenvalue weighted by molar-refractivity contribution is 0.316. The van der Waals surface area contributed by atoms with Gasteiger partial charge < -0.3 is 10.5 Å². The van der Waals surface area contributed by atoms with Gasteiger partial charge in [-0.2, -0.15) is 5.26 Å². The Morgan fingerprint density at radius 2 is 2.62 bits per heavy atom. The van der Waals surface area contributed by atoms with Crippen LogP contribution in [0.2, 0.25) is 0 Å². The zero-order valence-corrected chi connectivity index (χ0v) is 4.55. The number of oxime groups is 1. The van der Waals surface area contributed by atoms with E-state index in [4.69, 9.17) is 10.5 Å². The number of amidine groups is 1. The molecule has 0 atom stereocenters. The number of hydrogen-bond donors (Lipinski definition) is 2. The summed E-state index contributed by atoms with van der Waals surface area (Å²) in [5.74, 6) is 0.353. The Bertz CT molecular complexity index is 124. The van der Waals surface area contributed by atoms with Crippen molar-refractivity contribution >= 4 is 5.84 Å². The van der Waals surface area contributed by atoms with Gasteiger partial charge in [-0.05, 0) is 6.92 Å². The van der Waals surface area contributed by atoms with E-state index in [1.165, 1.54) is 0 Å². The fourth-order valence-corrected chi connectivity index (χ4v) is 0.203. The molecule has 0 saturated carbocycles. The minimum Gasteiger partial charge on any atom is -0.409 e. The van der Waals surface area contributed by atoms with Crippen LogP contribution in [0, 0.1) is 11.3 Å². The molecule has 0 aliphatic rings. The van der Waals surface area contributed by atoms with Gasteiger partial charge in [-0.3, -0.25) is 0 Å². The van der Waals surface area contributed by atoms with E-state index in [2.05, 4.69) is 10.5 Å². The molecule has 0 unspecified atom stereocenters. The van der Waals surface area contributed by atoms with Gasteiger partial charge in [0.2, 0.25) is 0 Å². The van der Waals surface area contributed by atoms with Crippen molar-refractivity contribution in [1.82, 2.24) is 5.32 Å². The highest BCUT2D eigenvalue weighted by Crippen LogP contribution is 1.63. The molecule has 0 spiro atoms. The maximum absolute atomic E-state index is 7.98. The van der Waals surface area contributed by atoms with Crippen LogP contribution < -0.4 is 5.32 Å². The summed E-state index contributed by atoms with van der Waals surface area (Å²) in [7, 11) is 0. The van der Waals surface area contributed by atoms with Crippen LogP contribution >= 0.6 is 0 Å². The predicted octanol–water partition coefficient (Wildman–Crippen LogP) is -0.0928. The van der Waals surface area contributed by atoms with Gasteiger partial charge in [0.05, 0.1) is 6.07 Å². The Balaban J connectivity index is 3.29. The normalized spacial score (nSPS) is 10.2. The van der Waals surface area contributed by atoms with Crippen molar-refractivity contribution in [3.63, 3.8) is 0 Å². The van der Waals surface area contributed by atoms with Gasteiger partial charge in [0.25, 0.3) is 0 Å². The van der Waals surface area contributed by atoms with Crippen molar-refractivity contribution in [2.24, 2.45) is 5.16 Å². The second-order valence-electron chi connectivity index (χ2n) is 1.20. The van der Waals surface area contributed by atoms with Crippen LogP contribution in [0.15, 0.2) is 5.16 Å². The summed E-state index contributed by atoms with van der Waals surface area (Å²) in [5.41, 5.74) is 0. The Hall–Kier alpha value is -1.24. The first-order valence-corrected chi connectivity index (χ1v) is 2.10. The minimum atomic E-state index is 0.176. The predicted molar refractivity (Wildman–Crippen MR) is 28.5 cm³/mol. The van der Waals surface area contributed by atoms with E-state index in [-0.39, 0.29) is 6.54 Å². The van der Waals surface area contributed by atoms with Crippen molar-refractivity contribution in [2.45, 2.75) is 6.92 Å². The topological polar surface area (TPSA) is 68.4 Å². The maximum Gasteiger partial charge on any atom is 0.139 e. The van der Waals surface area contributed by atoms with Gasteiger partial charge in [-0.25, -0.2) is 0 Å². The molecule has 0 fully saturated rings. The molecule has 0 rings (SSSR count). The summed E-state index contributed by atoms with van der Waals surface area (Å²) in [5, 5.41) is 21.2. The molecule has 44 valence electrons. The van der Waals surface area contributed by atoms with Crippen molar-refractivity contribution in [3.05, 3.63) is 0 Å². The zero-order valence-electron chi connectivity index (χ0n) is 4.55. The molecule has 0 aromatic heterocycles. The third-order valence-electron chi connectivity index (χ3n) is 0.573. The molecule has 0 aromatic carbocycles. The molecule has 0 aliphatic heterocycles. The van der Waals surface area contributed by atoms with Crippen LogP contribution in [0.4, 0.5) is 0 Å². The molecule has 0 saturated heterocycles. The highest BCUT2D eigenvalue weighted by molar-refractivity contribution is 5.78. The van der Waals surface area contributed by atoms with E-state index in [9.17, 15) is 0 Å². The molecule has 0 bridgehead atoms. The molecule has 0 radical (unpaired) electrons. The summed E-state index contributed by atoms with van der Waals surface area (Å²) in [6, 6.07) is 1.83. The zero-order chi connectivity index (χ0) is 6.41. The number of nitrogens with zero attached hydrogens (tertiary/aromatic N) is 2. The lowest BCUT2D eigenvalue weighted by Crippen LogP contribution is -2.19. The van der Waals surface area contributed by atoms with Gasteiger partial charge in [0, 0.05) is 0 Å². The van der Waals surface area contributed by atoms with E-state index >= 15 is 0 Å². The standard InChI is InChI=1S/C4H7N3O/c1-4(7-8)6-3-2-5/h8H,3H2,1H3,(H,6,7). The average molecular weight is 113 g/mol. The van der Waals surface area contributed by atoms with E-state index in [1.54, 1.807) is 6.92 Å². The van der Waals surface area contributed by atoms with Gasteiger partial charge in [0.1, 0.15) is 12.4 Å². The molecule has 4 heteroatoms. The van der Waals surface area contributed by atoms with Gasteiger partial charge >= 0.3 is 0 Å². The second kappa shape index (κ2) is 3.93. The highest BCUT2D eigenvalue weighted by Gasteiger charge is 1.83. The van der Waals surface area contributed by atoms with Crippen LogP contribution in [0.3, 0.4) is 0 Å². The first-order valence-electron chi connectivity index (χ1n) is 2.10. The summed E-state index contributed by atoms with van der Waals surface area (Å²) in [6.07, 6.45) is 0. The number of nitriles is 1. The Morgan fingerprint density at radius 3 is 3.00 bits per heavy atom. The Morgan fingerprint density at radius 1 is 2.00 bits per heavy atom. The summed E-state index contributed by atoms with van der Waals surface area (Å²) < 4.78 is 0. The number of hydrogen-bond acceptors (Lipinski definition) is 3. The fraction of sp³-hybridized carbons (Fsp3) is 0.500. The van der Waals surface area contributed by atoms with Crippen LogP contribution in [-0.2, 0) is 0 Å². The molecule has 8 heavy (non-hydrogen) atoms. The van der Waals surface area contributed by atoms with Crippen molar-refractivity contribution in [2.75, 3.05) is 6.54 Å². The Kier molecular flexibility index (Phi) is 3.32. The summed E-state index contributed by atoms with van der Waals surface area (Å²) in [6.45, 7) is 1.74. The van der Waals surface area contributed by atoms with E-state index < -0.39 is 0 Å². The summed E-state index contributed by atoms with van der Waals surface area (Å²) >= 11 is 0. The maximum atomic E-state index is 7.98. The largest absolute Gasteiger partial charge is 0.409 e. The fourth-order valence-electron chi connectivity index (χ4n) is 0.203. The SMILES string of the molecule is CC(=NO)NCC#N. The molecule has 0 amide bonds. The quantitative estimate of drug-likeness (QED) is 0.164. The smallest absolute Gasteiger partial charge is 0.139 e. The van der Waals surface area contributed by atoms with Crippen LogP contribution in [-0.4, -0.2) is 17.6 Å². The number of nitrogens with one attached hydrogen (secondary N) is 1. The molecule has 0 aromatic rings. The molecule has 0 heterocycles. The van der Waals surface area contributed by atoms with Crippen LogP contribution in [0.25, 0.3) is 0 Å². The third kappa shape index (κ3) is 2.97. The molecular formula is C4H7N3O. The lowest BCUT2D eigenvalue weighted by Gasteiger charge is -1.92. The van der Waals surface area contributed by atoms with Gasteiger partial charge in [0.15, 0.2) is 0 Å². The van der Waals surface area contributed by atoms with Crippen molar-refractivity contribution in [3.8, 4) is 6.07 Å². The first kappa shape index (κ1) is 6.76. The van der Waals surface area contributed by atoms with Crippen LogP contribution in [0.5, 0.6) is 0 Å². The van der Waals surface area contributed by atoms with E-state index in [0.717, 1.165) is 0 Å². The molecule has 0 aliphatic carbocycles. The van der Waals surface area contributed by atoms with E-state index in [1.807, 2.05) is 6.07 Å². The minimum absolute atomic E-state index is 0.176. The van der Waals surface area contributed by atoms with Crippen LogP contribution in [0.1, 0.15) is 6.92 Å². The lowest BCUT2D eigenvalue weighted by atomic mass is 10.6. The average Bonchev–Trinajstić information content (AvgIpc) is 1.83. The number of rotatable bonds is 1. The van der Waals surface area contributed by atoms with Gasteiger partial charge in [-0.15, -0.1) is 0 Å². The summed E-state index contributed by atoms with van der Waals surface area (Å²) in [4.78, 5) is 0. The highest BCUT2D eigenvalue weighted by atomic mass is 16.4. The van der Waals surface area contributed by atoms with E-state index in [0.29, 0.717) is 5.84 Å². The third-order valence-corrected chi connectivity index (χ3v) is 0.573. The van der Waals surface area contributed by atoms with Gasteiger partial charge in [-0.1, -0.05) is 5.16 Å². The van der Waals surface area contributed by atoms with Crippen molar-refractivity contribution in [1.29, 1.82) is 5.26 Å². The second-order valence-corrected chi connectivity index (χ2v) is 1.20. The first-order chi connectivity index (χ1) is 3.81. The van der Waals surface area contributed by atoms with Crippen molar-refractivity contribution < 1.29 is 5.21 Å². The molecule has 2 N–H and O–H groups in total. The molecular weight excluding hydrogens is 106 g/mol. The monoisotopic (exact) mass is 113 g/mol. The molecule has 4 nitrogen and oxygen atoms in total. The Labute approximate surface area is 47.4 Å².